The van der Waals surface area contributed by atoms with Crippen LogP contribution in [0.25, 0.3) is 22.4 Å². The van der Waals surface area contributed by atoms with Gasteiger partial charge in [-0.1, -0.05) is 72.4 Å². The van der Waals surface area contributed by atoms with E-state index < -0.39 is 11.5 Å². The zero-order chi connectivity index (χ0) is 29.8. The van der Waals surface area contributed by atoms with Crippen molar-refractivity contribution in [2.75, 3.05) is 12.4 Å². The van der Waals surface area contributed by atoms with Gasteiger partial charge in [-0.2, -0.15) is 5.10 Å². The number of aromatic nitrogens is 3. The van der Waals surface area contributed by atoms with E-state index in [1.807, 2.05) is 30.3 Å². The normalized spacial score (nSPS) is 16.7. The van der Waals surface area contributed by atoms with E-state index in [0.29, 0.717) is 45.5 Å². The molecule has 0 radical (unpaired) electrons. The van der Waals surface area contributed by atoms with Crippen LogP contribution in [-0.2, 0) is 13.6 Å². The van der Waals surface area contributed by atoms with Gasteiger partial charge in [0.05, 0.1) is 34.6 Å². The number of halogens is 2. The first kappa shape index (κ1) is 29.7. The van der Waals surface area contributed by atoms with Crippen molar-refractivity contribution in [1.82, 2.24) is 20.1 Å². The molecule has 3 N–H and O–H groups in total. The summed E-state index contributed by atoms with van der Waals surface area (Å²) in [6, 6.07) is 16.0. The highest BCUT2D eigenvalue weighted by Crippen LogP contribution is 2.41. The van der Waals surface area contributed by atoms with Crippen molar-refractivity contribution in [3.63, 3.8) is 0 Å². The first-order valence-corrected chi connectivity index (χ1v) is 14.4. The van der Waals surface area contributed by atoms with E-state index in [0.717, 1.165) is 35.9 Å². The number of rotatable bonds is 8. The number of methoxy groups -OCH3 is 1. The summed E-state index contributed by atoms with van der Waals surface area (Å²) < 4.78 is 6.70. The van der Waals surface area contributed by atoms with Crippen LogP contribution in [0, 0.1) is 0 Å². The number of carbonyl (C=O) groups excluding carboxylic acids is 1. The number of pyridine rings is 1. The molecule has 0 bridgehead atoms. The molecule has 2 heterocycles. The van der Waals surface area contributed by atoms with Crippen LogP contribution in [0.1, 0.15) is 41.6 Å². The van der Waals surface area contributed by atoms with Gasteiger partial charge < -0.3 is 20.5 Å². The first-order chi connectivity index (χ1) is 20.3. The molecule has 5 rings (SSSR count). The zero-order valence-electron chi connectivity index (χ0n) is 23.2. The van der Waals surface area contributed by atoms with Gasteiger partial charge in [0, 0.05) is 48.1 Å². The molecular weight excluding hydrogens is 577 g/mol. The third-order valence-electron chi connectivity index (χ3n) is 7.48. The summed E-state index contributed by atoms with van der Waals surface area (Å²) in [5.74, 6) is -0.127. The number of nitrogens with zero attached hydrogens (tertiary/aromatic N) is 3. The monoisotopic (exact) mass is 607 g/mol. The molecule has 11 heteroatoms. The van der Waals surface area contributed by atoms with Crippen molar-refractivity contribution in [1.29, 1.82) is 0 Å². The van der Waals surface area contributed by atoms with E-state index in [1.165, 1.54) is 19.3 Å². The molecule has 42 heavy (non-hydrogen) atoms. The average molecular weight is 609 g/mol. The highest BCUT2D eigenvalue weighted by Gasteiger charge is 2.23. The van der Waals surface area contributed by atoms with E-state index in [9.17, 15) is 14.7 Å². The number of aryl methyl sites for hydroxylation is 1. The molecule has 0 aliphatic heterocycles. The Bertz CT molecular complexity index is 1680. The van der Waals surface area contributed by atoms with Crippen LogP contribution < -0.4 is 20.9 Å². The van der Waals surface area contributed by atoms with Gasteiger partial charge in [0.15, 0.2) is 0 Å². The topological polar surface area (TPSA) is 118 Å². The number of benzene rings is 2. The fraction of sp³-hybridized carbons (Fsp3) is 0.290. The van der Waals surface area contributed by atoms with Gasteiger partial charge in [-0.05, 0) is 31.0 Å². The van der Waals surface area contributed by atoms with Gasteiger partial charge in [0.1, 0.15) is 5.56 Å². The lowest BCUT2D eigenvalue weighted by Crippen LogP contribution is -2.41. The molecule has 9 nitrogen and oxygen atoms in total. The standard InChI is InChI=1S/C31H31Cl2N5O4/c1-38-31(41)22(15-16-35-38)29(40)36-25-11-6-8-20(28(25)33)19-7-5-9-21(27(19)32)23-14-13-18(30(37-23)42-2)17-34-24-10-3-4-12-26(24)39/h5-9,11,13-16,24,26,34,39H,3-4,10,12,17H2,1-2H3,(H,36,40)/t24-,26-/m1/s1. The lowest BCUT2D eigenvalue weighted by atomic mass is 9.92. The molecular formula is C31H31Cl2N5O4. The minimum Gasteiger partial charge on any atom is -0.481 e. The third-order valence-corrected chi connectivity index (χ3v) is 8.29. The quantitative estimate of drug-likeness (QED) is 0.243. The van der Waals surface area contributed by atoms with Crippen molar-refractivity contribution in [2.45, 2.75) is 44.4 Å². The van der Waals surface area contributed by atoms with Crippen molar-refractivity contribution < 1.29 is 14.6 Å². The minimum absolute atomic E-state index is 0.0506. The third kappa shape index (κ3) is 6.19. The Hall–Kier alpha value is -3.76. The number of amides is 1. The second-order valence-electron chi connectivity index (χ2n) is 10.2. The summed E-state index contributed by atoms with van der Waals surface area (Å²) in [4.78, 5) is 29.9. The molecule has 2 aromatic carbocycles. The van der Waals surface area contributed by atoms with Crippen LogP contribution in [-0.4, -0.2) is 45.0 Å². The number of hydrogen-bond acceptors (Lipinski definition) is 7. The maximum Gasteiger partial charge on any atom is 0.279 e. The number of hydrogen-bond donors (Lipinski definition) is 3. The van der Waals surface area contributed by atoms with Gasteiger partial charge in [0.25, 0.3) is 11.5 Å². The molecule has 1 aliphatic rings. The summed E-state index contributed by atoms with van der Waals surface area (Å²) >= 11 is 13.7. The van der Waals surface area contributed by atoms with Crippen LogP contribution in [0.2, 0.25) is 10.0 Å². The Labute approximate surface area is 253 Å². The number of aliphatic hydroxyl groups is 1. The molecule has 0 unspecified atom stereocenters. The largest absolute Gasteiger partial charge is 0.481 e. The Morgan fingerprint density at radius 3 is 2.50 bits per heavy atom. The minimum atomic E-state index is -0.597. The predicted octanol–water partition coefficient (Wildman–Crippen LogP) is 5.47. The fourth-order valence-electron chi connectivity index (χ4n) is 5.16. The maximum absolute atomic E-state index is 12.9. The Balaban J connectivity index is 1.41. The average Bonchev–Trinajstić information content (AvgIpc) is 2.99. The fourth-order valence-corrected chi connectivity index (χ4v) is 5.76. The summed E-state index contributed by atoms with van der Waals surface area (Å²) in [7, 11) is 3.05. The number of carbonyl (C=O) groups is 1. The highest BCUT2D eigenvalue weighted by atomic mass is 35.5. The number of anilines is 1. The van der Waals surface area contributed by atoms with E-state index in [1.54, 1.807) is 25.3 Å². The number of ether oxygens (including phenoxy) is 1. The Kier molecular flexibility index (Phi) is 9.23. The number of nitrogens with one attached hydrogen (secondary N) is 2. The zero-order valence-corrected chi connectivity index (χ0v) is 24.7. The van der Waals surface area contributed by atoms with Crippen LogP contribution >= 0.6 is 23.2 Å². The smallest absolute Gasteiger partial charge is 0.279 e. The molecule has 0 spiro atoms. The SMILES string of the molecule is COc1nc(-c2cccc(-c3cccc(NC(=O)c4ccnn(C)c4=O)c3Cl)c2Cl)ccc1CN[C@@H]1CCCC[C@H]1O. The predicted molar refractivity (Wildman–Crippen MR) is 164 cm³/mol. The van der Waals surface area contributed by atoms with Crippen LogP contribution in [0.4, 0.5) is 5.69 Å². The maximum atomic E-state index is 12.9. The lowest BCUT2D eigenvalue weighted by molar-refractivity contribution is 0.0901. The van der Waals surface area contributed by atoms with Crippen molar-refractivity contribution >= 4 is 34.8 Å². The second-order valence-corrected chi connectivity index (χ2v) is 10.9. The van der Waals surface area contributed by atoms with Gasteiger partial charge in [0.2, 0.25) is 5.88 Å². The van der Waals surface area contributed by atoms with Gasteiger partial charge in [-0.3, -0.25) is 9.59 Å². The van der Waals surface area contributed by atoms with Crippen LogP contribution in [0.3, 0.4) is 0 Å². The van der Waals surface area contributed by atoms with Crippen LogP contribution in [0.15, 0.2) is 65.6 Å². The summed E-state index contributed by atoms with van der Waals surface area (Å²) in [5.41, 5.74) is 3.18. The molecule has 1 saturated carbocycles. The van der Waals surface area contributed by atoms with Crippen molar-refractivity contribution in [2.24, 2.45) is 7.05 Å². The molecule has 1 aliphatic carbocycles. The number of aliphatic hydroxyl groups excluding tert-OH is 1. The van der Waals surface area contributed by atoms with Gasteiger partial charge >= 0.3 is 0 Å². The molecule has 4 aromatic rings. The molecule has 2 atom stereocenters. The molecule has 1 amide bonds. The lowest BCUT2D eigenvalue weighted by Gasteiger charge is -2.28. The highest BCUT2D eigenvalue weighted by molar-refractivity contribution is 6.39. The van der Waals surface area contributed by atoms with E-state index >= 15 is 0 Å². The van der Waals surface area contributed by atoms with Crippen molar-refractivity contribution in [3.05, 3.63) is 92.3 Å². The van der Waals surface area contributed by atoms with Crippen molar-refractivity contribution in [3.8, 4) is 28.3 Å². The second kappa shape index (κ2) is 13.0. The Morgan fingerprint density at radius 2 is 1.74 bits per heavy atom. The Morgan fingerprint density at radius 1 is 1.02 bits per heavy atom. The molecule has 1 fully saturated rings. The first-order valence-electron chi connectivity index (χ1n) is 13.6. The summed E-state index contributed by atoms with van der Waals surface area (Å²) in [6.07, 6.45) is 4.93. The van der Waals surface area contributed by atoms with Crippen LogP contribution in [0.5, 0.6) is 5.88 Å². The van der Waals surface area contributed by atoms with Gasteiger partial charge in [-0.15, -0.1) is 0 Å². The van der Waals surface area contributed by atoms with E-state index in [2.05, 4.69) is 15.7 Å². The van der Waals surface area contributed by atoms with Gasteiger partial charge in [-0.25, -0.2) is 9.67 Å². The summed E-state index contributed by atoms with van der Waals surface area (Å²) in [5, 5.41) is 21.0. The van der Waals surface area contributed by atoms with E-state index in [-0.39, 0.29) is 22.7 Å². The van der Waals surface area contributed by atoms with E-state index in [4.69, 9.17) is 32.9 Å². The summed E-state index contributed by atoms with van der Waals surface area (Å²) in [6.45, 7) is 0.520. The molecule has 0 saturated heterocycles. The molecule has 218 valence electrons. The molecule has 2 aromatic heterocycles.